The van der Waals surface area contributed by atoms with Gasteiger partial charge in [-0.05, 0) is 124 Å². The molecule has 228 valence electrons. The van der Waals surface area contributed by atoms with Gasteiger partial charge in [0.05, 0.1) is 0 Å². The fraction of sp³-hybridized carbons (Fsp3) is 1.00. The predicted octanol–water partition coefficient (Wildman–Crippen LogP) is 11.4. The van der Waals surface area contributed by atoms with Gasteiger partial charge in [0.25, 0.3) is 0 Å². The smallest absolute Gasteiger partial charge is 0.0468 e. The third-order valence-electron chi connectivity index (χ3n) is 10.0. The lowest BCUT2D eigenvalue weighted by atomic mass is 9.80. The van der Waals surface area contributed by atoms with Crippen LogP contribution in [0.5, 0.6) is 0 Å². The third kappa shape index (κ3) is 17.6. The van der Waals surface area contributed by atoms with E-state index in [2.05, 4.69) is 55.4 Å². The van der Waals surface area contributed by atoms with Gasteiger partial charge in [-0.15, -0.1) is 0 Å². The molecule has 2 heteroatoms. The maximum Gasteiger partial charge on any atom is 0.0468 e. The van der Waals surface area contributed by atoms with E-state index in [1.54, 1.807) is 0 Å². The predicted molar refractivity (Wildman–Crippen MR) is 169 cm³/mol. The Kier molecular flexibility index (Phi) is 21.4. The highest BCUT2D eigenvalue weighted by molar-refractivity contribution is 4.71. The molecule has 0 N–H and O–H groups in total. The lowest BCUT2D eigenvalue weighted by molar-refractivity contribution is 0.104. The van der Waals surface area contributed by atoms with Gasteiger partial charge in [0.1, 0.15) is 0 Å². The monoisotopic (exact) mass is 537 g/mol. The molecule has 0 saturated carbocycles. The van der Waals surface area contributed by atoms with E-state index < -0.39 is 0 Å². The quantitative estimate of drug-likeness (QED) is 0.355. The summed E-state index contributed by atoms with van der Waals surface area (Å²) in [6, 6.07) is 0. The molecule has 0 aromatic heterocycles. The molecule has 8 unspecified atom stereocenters. The van der Waals surface area contributed by atoms with E-state index in [9.17, 15) is 0 Å². The molecular formula is C36H72O2. The van der Waals surface area contributed by atoms with Crippen LogP contribution in [0.1, 0.15) is 158 Å². The van der Waals surface area contributed by atoms with Crippen molar-refractivity contribution in [1.82, 2.24) is 0 Å². The Morgan fingerprint density at radius 1 is 0.395 bits per heavy atom. The molecule has 1 saturated heterocycles. The standard InChI is InChI=1S/C36H72O2/c1-9-33-16-14-20-38-22-18-34(10-2)28-36(12-4)26-32(8)24-30(6)17-21-37-19-13-15-29(5)23-31(7)25-35(11-3)27-33/h29-36H,9-28H2,1-8H3. The van der Waals surface area contributed by atoms with E-state index in [-0.39, 0.29) is 0 Å². The van der Waals surface area contributed by atoms with Crippen molar-refractivity contribution in [3.05, 3.63) is 0 Å². The van der Waals surface area contributed by atoms with Gasteiger partial charge in [-0.25, -0.2) is 0 Å². The molecule has 1 aliphatic rings. The number of ether oxygens (including phenoxy) is 2. The number of hydrogen-bond acceptors (Lipinski definition) is 2. The van der Waals surface area contributed by atoms with Gasteiger partial charge in [-0.3, -0.25) is 0 Å². The van der Waals surface area contributed by atoms with Gasteiger partial charge < -0.3 is 9.47 Å². The molecule has 0 aromatic rings. The SMILES string of the molecule is CCC1CCCOCCC(CC)CC(CC)CC(C)CC(C)CCOCCCC(C)CC(C)CC(CC)C1. The maximum atomic E-state index is 6.19. The summed E-state index contributed by atoms with van der Waals surface area (Å²) >= 11 is 0. The molecule has 0 amide bonds. The van der Waals surface area contributed by atoms with Crippen LogP contribution in [0.4, 0.5) is 0 Å². The first-order chi connectivity index (χ1) is 18.3. The van der Waals surface area contributed by atoms with Crippen LogP contribution < -0.4 is 0 Å². The van der Waals surface area contributed by atoms with E-state index in [1.165, 1.54) is 103 Å². The lowest BCUT2D eigenvalue weighted by Crippen LogP contribution is -2.16. The molecule has 0 bridgehead atoms. The Morgan fingerprint density at radius 3 is 1.32 bits per heavy atom. The summed E-state index contributed by atoms with van der Waals surface area (Å²) in [4.78, 5) is 0. The number of rotatable bonds is 4. The molecule has 8 atom stereocenters. The average molecular weight is 537 g/mol. The molecule has 1 heterocycles. The normalized spacial score (nSPS) is 36.0. The van der Waals surface area contributed by atoms with Crippen molar-refractivity contribution in [3.8, 4) is 0 Å². The van der Waals surface area contributed by atoms with E-state index in [0.717, 1.165) is 73.8 Å². The van der Waals surface area contributed by atoms with Gasteiger partial charge in [-0.2, -0.15) is 0 Å². The molecule has 1 rings (SSSR count). The van der Waals surface area contributed by atoms with Crippen LogP contribution in [-0.2, 0) is 9.47 Å². The van der Waals surface area contributed by atoms with Crippen LogP contribution in [0.15, 0.2) is 0 Å². The zero-order chi connectivity index (χ0) is 28.2. The minimum atomic E-state index is 0.773. The Labute approximate surface area is 241 Å². The Bertz CT molecular complexity index is 473. The highest BCUT2D eigenvalue weighted by Gasteiger charge is 2.20. The first-order valence-electron chi connectivity index (χ1n) is 17.5. The van der Waals surface area contributed by atoms with E-state index in [4.69, 9.17) is 9.47 Å². The zero-order valence-electron chi connectivity index (χ0n) is 27.6. The minimum Gasteiger partial charge on any atom is -0.381 e. The summed E-state index contributed by atoms with van der Waals surface area (Å²) in [5.74, 6) is 6.74. The van der Waals surface area contributed by atoms with E-state index in [0.29, 0.717) is 0 Å². The van der Waals surface area contributed by atoms with Gasteiger partial charge >= 0.3 is 0 Å². The first-order valence-corrected chi connectivity index (χ1v) is 17.5. The van der Waals surface area contributed by atoms with Crippen molar-refractivity contribution in [3.63, 3.8) is 0 Å². The summed E-state index contributed by atoms with van der Waals surface area (Å²) in [6.45, 7) is 23.4. The second kappa shape index (κ2) is 22.6. The average Bonchev–Trinajstić information content (AvgIpc) is 2.89. The van der Waals surface area contributed by atoms with Crippen molar-refractivity contribution >= 4 is 0 Å². The van der Waals surface area contributed by atoms with Crippen LogP contribution in [-0.4, -0.2) is 26.4 Å². The van der Waals surface area contributed by atoms with E-state index >= 15 is 0 Å². The van der Waals surface area contributed by atoms with Crippen LogP contribution in [0, 0.1) is 47.3 Å². The molecule has 1 fully saturated rings. The summed E-state index contributed by atoms with van der Waals surface area (Å²) < 4.78 is 12.3. The summed E-state index contributed by atoms with van der Waals surface area (Å²) in [6.07, 6.45) is 21.3. The van der Waals surface area contributed by atoms with Gasteiger partial charge in [0.15, 0.2) is 0 Å². The van der Waals surface area contributed by atoms with Crippen molar-refractivity contribution in [2.24, 2.45) is 47.3 Å². The summed E-state index contributed by atoms with van der Waals surface area (Å²) in [5.41, 5.74) is 0. The molecule has 0 radical (unpaired) electrons. The second-order valence-electron chi connectivity index (χ2n) is 14.0. The van der Waals surface area contributed by atoms with Crippen molar-refractivity contribution in [1.29, 1.82) is 0 Å². The molecule has 38 heavy (non-hydrogen) atoms. The fourth-order valence-corrected chi connectivity index (χ4v) is 7.47. The molecule has 2 nitrogen and oxygen atoms in total. The fourth-order valence-electron chi connectivity index (χ4n) is 7.47. The summed E-state index contributed by atoms with van der Waals surface area (Å²) in [7, 11) is 0. The zero-order valence-corrected chi connectivity index (χ0v) is 27.6. The lowest BCUT2D eigenvalue weighted by Gasteiger charge is -2.26. The van der Waals surface area contributed by atoms with Crippen LogP contribution in [0.2, 0.25) is 0 Å². The summed E-state index contributed by atoms with van der Waals surface area (Å²) in [5, 5.41) is 0. The minimum absolute atomic E-state index is 0.773. The van der Waals surface area contributed by atoms with E-state index in [1.807, 2.05) is 0 Å². The highest BCUT2D eigenvalue weighted by Crippen LogP contribution is 2.32. The van der Waals surface area contributed by atoms with Crippen LogP contribution in [0.3, 0.4) is 0 Å². The van der Waals surface area contributed by atoms with Gasteiger partial charge in [0.2, 0.25) is 0 Å². The molecular weight excluding hydrogens is 464 g/mol. The van der Waals surface area contributed by atoms with Crippen molar-refractivity contribution < 1.29 is 9.47 Å². The topological polar surface area (TPSA) is 18.5 Å². The Morgan fingerprint density at radius 2 is 0.816 bits per heavy atom. The van der Waals surface area contributed by atoms with Crippen LogP contribution >= 0.6 is 0 Å². The largest absolute Gasteiger partial charge is 0.381 e. The maximum absolute atomic E-state index is 6.19. The van der Waals surface area contributed by atoms with Gasteiger partial charge in [-0.1, -0.05) is 81.1 Å². The third-order valence-corrected chi connectivity index (χ3v) is 10.0. The first kappa shape index (κ1) is 35.9. The van der Waals surface area contributed by atoms with Crippen molar-refractivity contribution in [2.45, 2.75) is 158 Å². The van der Waals surface area contributed by atoms with Crippen molar-refractivity contribution in [2.75, 3.05) is 26.4 Å². The second-order valence-corrected chi connectivity index (χ2v) is 14.0. The van der Waals surface area contributed by atoms with Crippen LogP contribution in [0.25, 0.3) is 0 Å². The molecule has 0 spiro atoms. The Hall–Kier alpha value is -0.0800. The number of hydrogen-bond donors (Lipinski definition) is 0. The van der Waals surface area contributed by atoms with Gasteiger partial charge in [0, 0.05) is 26.4 Å². The molecule has 0 aromatic carbocycles. The Balaban J connectivity index is 2.67. The highest BCUT2D eigenvalue weighted by atomic mass is 16.5. The molecule has 0 aliphatic carbocycles. The molecule has 1 aliphatic heterocycles.